The number of nitrogens with zero attached hydrogens (tertiary/aromatic N) is 3. The van der Waals surface area contributed by atoms with E-state index in [0.29, 0.717) is 5.11 Å². The van der Waals surface area contributed by atoms with Gasteiger partial charge in [0.2, 0.25) is 0 Å². The molecule has 8 heteroatoms. The average Bonchev–Trinajstić information content (AvgIpc) is 3.52. The second-order valence-corrected chi connectivity index (χ2v) is 9.01. The van der Waals surface area contributed by atoms with E-state index in [1.807, 2.05) is 59.3 Å². The van der Waals surface area contributed by atoms with E-state index >= 15 is 0 Å². The van der Waals surface area contributed by atoms with Crippen LogP contribution in [0.25, 0.3) is 5.69 Å². The first kappa shape index (κ1) is 23.6. The lowest BCUT2D eigenvalue weighted by Gasteiger charge is -2.29. The summed E-state index contributed by atoms with van der Waals surface area (Å²) in [5, 5.41) is 17.1. The zero-order valence-electron chi connectivity index (χ0n) is 19.6. The topological polar surface area (TPSA) is 82.4 Å². The third-order valence-corrected chi connectivity index (χ3v) is 6.68. The number of benzene rings is 2. The van der Waals surface area contributed by atoms with Crippen LogP contribution in [0.4, 0.5) is 5.69 Å². The zero-order valence-corrected chi connectivity index (χ0v) is 20.4. The minimum Gasteiger partial charge on any atom is -0.478 e. The van der Waals surface area contributed by atoms with Gasteiger partial charge in [-0.05, 0) is 73.2 Å². The van der Waals surface area contributed by atoms with Crippen LogP contribution in [-0.2, 0) is 0 Å². The number of para-hydroxylation sites is 1. The number of carbonyl (C=O) groups is 1. The summed E-state index contributed by atoms with van der Waals surface area (Å²) >= 11 is 5.81. The quantitative estimate of drug-likeness (QED) is 0.221. The molecule has 182 valence electrons. The Balaban J connectivity index is 1.44. The summed E-state index contributed by atoms with van der Waals surface area (Å²) in [6, 6.07) is 26.8. The molecule has 2 aromatic carbocycles. The molecule has 7 nitrogen and oxygen atoms in total. The molecule has 0 saturated carbocycles. The molecule has 0 aliphatic carbocycles. The van der Waals surface area contributed by atoms with Crippen LogP contribution in [-0.4, -0.2) is 43.7 Å². The van der Waals surface area contributed by atoms with Gasteiger partial charge in [0.1, 0.15) is 0 Å². The first-order valence-corrected chi connectivity index (χ1v) is 12.3. The van der Waals surface area contributed by atoms with Gasteiger partial charge >= 0.3 is 5.97 Å². The molecule has 3 N–H and O–H groups in total. The van der Waals surface area contributed by atoms with Crippen LogP contribution in [0.1, 0.15) is 40.3 Å². The maximum Gasteiger partial charge on any atom is 0.335 e. The van der Waals surface area contributed by atoms with Crippen molar-refractivity contribution in [1.82, 2.24) is 19.8 Å². The van der Waals surface area contributed by atoms with Crippen LogP contribution in [0, 0.1) is 0 Å². The van der Waals surface area contributed by atoms with Crippen molar-refractivity contribution < 1.29 is 9.90 Å². The van der Waals surface area contributed by atoms with Gasteiger partial charge in [0.15, 0.2) is 5.11 Å². The van der Waals surface area contributed by atoms with Crippen molar-refractivity contribution in [1.29, 1.82) is 0 Å². The number of hydrogen-bond donors (Lipinski definition) is 3. The standard InChI is InChI=1S/C28H27N5O2S/c34-27(35)20-9-6-12-22(19-20)32-17-7-14-24(32)26-25(23-13-4-5-15-30-23)31-28(36)33(26)18-8-16-29-21-10-2-1-3-11-21/h1-7,9-15,17,19,25-26,29H,8,16,18H2,(H,31,36)(H,34,35)/t25-,26-/m1/s1. The normalized spacial score (nSPS) is 17.1. The number of anilines is 1. The highest BCUT2D eigenvalue weighted by atomic mass is 32.1. The molecule has 1 aliphatic heterocycles. The summed E-state index contributed by atoms with van der Waals surface area (Å²) in [7, 11) is 0. The number of hydrogen-bond acceptors (Lipinski definition) is 4. The van der Waals surface area contributed by atoms with Crippen LogP contribution in [0.2, 0.25) is 0 Å². The zero-order chi connectivity index (χ0) is 24.9. The molecule has 5 rings (SSSR count). The van der Waals surface area contributed by atoms with E-state index in [9.17, 15) is 9.90 Å². The predicted molar refractivity (Wildman–Crippen MR) is 144 cm³/mol. The van der Waals surface area contributed by atoms with E-state index < -0.39 is 5.97 Å². The Morgan fingerprint density at radius 1 is 1.03 bits per heavy atom. The fraction of sp³-hybridized carbons (Fsp3) is 0.179. The maximum absolute atomic E-state index is 11.6. The van der Waals surface area contributed by atoms with Crippen molar-refractivity contribution in [2.45, 2.75) is 18.5 Å². The van der Waals surface area contributed by atoms with Gasteiger partial charge in [-0.25, -0.2) is 4.79 Å². The van der Waals surface area contributed by atoms with E-state index in [2.05, 4.69) is 38.7 Å². The maximum atomic E-state index is 11.6. The molecular weight excluding hydrogens is 470 g/mol. The van der Waals surface area contributed by atoms with Gasteiger partial charge in [-0.3, -0.25) is 4.98 Å². The van der Waals surface area contributed by atoms with Crippen molar-refractivity contribution in [3.05, 3.63) is 114 Å². The first-order valence-electron chi connectivity index (χ1n) is 11.9. The second kappa shape index (κ2) is 10.6. The third-order valence-electron chi connectivity index (χ3n) is 6.33. The Labute approximate surface area is 215 Å². The number of carboxylic acids is 1. The smallest absolute Gasteiger partial charge is 0.335 e. The lowest BCUT2D eigenvalue weighted by molar-refractivity contribution is 0.0697. The van der Waals surface area contributed by atoms with Crippen molar-refractivity contribution in [3.63, 3.8) is 0 Å². The lowest BCUT2D eigenvalue weighted by atomic mass is 10.0. The van der Waals surface area contributed by atoms with E-state index in [-0.39, 0.29) is 17.6 Å². The Morgan fingerprint density at radius 3 is 2.64 bits per heavy atom. The lowest BCUT2D eigenvalue weighted by Crippen LogP contribution is -2.32. The van der Waals surface area contributed by atoms with E-state index in [4.69, 9.17) is 12.2 Å². The molecule has 4 aromatic rings. The molecule has 0 amide bonds. The molecule has 36 heavy (non-hydrogen) atoms. The van der Waals surface area contributed by atoms with E-state index in [1.54, 1.807) is 24.4 Å². The molecule has 2 atom stereocenters. The van der Waals surface area contributed by atoms with E-state index in [1.165, 1.54) is 0 Å². The Hall–Kier alpha value is -4.17. The van der Waals surface area contributed by atoms with Gasteiger partial charge < -0.3 is 25.2 Å². The van der Waals surface area contributed by atoms with Gasteiger partial charge in [0.05, 0.1) is 23.3 Å². The highest BCUT2D eigenvalue weighted by Crippen LogP contribution is 2.39. The van der Waals surface area contributed by atoms with Crippen molar-refractivity contribution in [2.75, 3.05) is 18.4 Å². The van der Waals surface area contributed by atoms with Crippen molar-refractivity contribution in [2.24, 2.45) is 0 Å². The summed E-state index contributed by atoms with van der Waals surface area (Å²) in [4.78, 5) is 18.4. The largest absolute Gasteiger partial charge is 0.478 e. The third kappa shape index (κ3) is 4.94. The number of aromatic nitrogens is 2. The van der Waals surface area contributed by atoms with Gasteiger partial charge in [-0.15, -0.1) is 0 Å². The molecule has 1 fully saturated rings. The first-order chi connectivity index (χ1) is 17.6. The number of pyridine rings is 1. The minimum absolute atomic E-state index is 0.118. The number of aromatic carboxylic acids is 1. The molecule has 2 aromatic heterocycles. The number of nitrogens with one attached hydrogen (secondary N) is 2. The number of thiocarbonyl (C=S) groups is 1. The summed E-state index contributed by atoms with van der Waals surface area (Å²) in [6.45, 7) is 1.56. The Bertz CT molecular complexity index is 1340. The van der Waals surface area contributed by atoms with Gasteiger partial charge in [0.25, 0.3) is 0 Å². The summed E-state index contributed by atoms with van der Waals surface area (Å²) in [5.41, 5.74) is 4.05. The Morgan fingerprint density at radius 2 is 1.86 bits per heavy atom. The van der Waals surface area contributed by atoms with Gasteiger partial charge in [-0.2, -0.15) is 0 Å². The fourth-order valence-corrected chi connectivity index (χ4v) is 5.00. The Kier molecular flexibility index (Phi) is 6.95. The highest BCUT2D eigenvalue weighted by molar-refractivity contribution is 7.80. The summed E-state index contributed by atoms with van der Waals surface area (Å²) < 4.78 is 2.04. The number of carboxylic acid groups (broad SMARTS) is 1. The summed E-state index contributed by atoms with van der Waals surface area (Å²) in [6.07, 6.45) is 4.64. The van der Waals surface area contributed by atoms with Crippen LogP contribution in [0.15, 0.2) is 97.3 Å². The van der Waals surface area contributed by atoms with Gasteiger partial charge in [-0.1, -0.05) is 30.3 Å². The van der Waals surface area contributed by atoms with Crippen LogP contribution >= 0.6 is 12.2 Å². The highest BCUT2D eigenvalue weighted by Gasteiger charge is 2.40. The van der Waals surface area contributed by atoms with Crippen molar-refractivity contribution >= 4 is 29.0 Å². The second-order valence-electron chi connectivity index (χ2n) is 8.62. The molecule has 1 saturated heterocycles. The fourth-order valence-electron chi connectivity index (χ4n) is 4.67. The van der Waals surface area contributed by atoms with E-state index in [0.717, 1.165) is 42.3 Å². The number of rotatable bonds is 9. The molecule has 0 spiro atoms. The summed E-state index contributed by atoms with van der Waals surface area (Å²) in [5.74, 6) is -0.951. The molecule has 0 radical (unpaired) electrons. The monoisotopic (exact) mass is 497 g/mol. The van der Waals surface area contributed by atoms with Gasteiger partial charge in [0, 0.05) is 42.6 Å². The molecule has 0 unspecified atom stereocenters. The van der Waals surface area contributed by atoms with Crippen LogP contribution in [0.3, 0.4) is 0 Å². The molecule has 1 aliphatic rings. The minimum atomic E-state index is -0.951. The average molecular weight is 498 g/mol. The van der Waals surface area contributed by atoms with Crippen LogP contribution < -0.4 is 10.6 Å². The van der Waals surface area contributed by atoms with Crippen LogP contribution in [0.5, 0.6) is 0 Å². The molecular formula is C28H27N5O2S. The van der Waals surface area contributed by atoms with Crippen molar-refractivity contribution in [3.8, 4) is 5.69 Å². The predicted octanol–water partition coefficient (Wildman–Crippen LogP) is 5.05. The SMILES string of the molecule is O=C(O)c1cccc(-n2cccc2[C@@H]2[C@@H](c3ccccn3)NC(=S)N2CCCNc2ccccc2)c1. The molecule has 3 heterocycles. The molecule has 0 bridgehead atoms.